The minimum atomic E-state index is 0.306. The average Bonchev–Trinajstić information content (AvgIpc) is 2.71. The van der Waals surface area contributed by atoms with Crippen molar-refractivity contribution in [1.82, 2.24) is 15.3 Å². The lowest BCUT2D eigenvalue weighted by Crippen LogP contribution is -2.23. The number of imidazole rings is 1. The summed E-state index contributed by atoms with van der Waals surface area (Å²) in [5, 5.41) is 12.7. The van der Waals surface area contributed by atoms with Crippen molar-refractivity contribution in [2.75, 3.05) is 6.54 Å². The van der Waals surface area contributed by atoms with Crippen LogP contribution in [0.15, 0.2) is 24.3 Å². The maximum absolute atomic E-state index is 9.41. The summed E-state index contributed by atoms with van der Waals surface area (Å²) in [5.41, 5.74) is 3.45. The molecule has 1 aromatic carbocycles. The van der Waals surface area contributed by atoms with E-state index < -0.39 is 0 Å². The molecule has 3 N–H and O–H groups in total. The van der Waals surface area contributed by atoms with E-state index in [0.29, 0.717) is 5.75 Å². The summed E-state index contributed by atoms with van der Waals surface area (Å²) < 4.78 is 0. The molecular weight excluding hydrogens is 214 g/mol. The van der Waals surface area contributed by atoms with Crippen molar-refractivity contribution < 1.29 is 5.11 Å². The Morgan fingerprint density at radius 2 is 2.29 bits per heavy atom. The molecule has 0 amide bonds. The zero-order valence-electron chi connectivity index (χ0n) is 9.53. The number of hydrogen-bond acceptors (Lipinski definition) is 3. The zero-order valence-corrected chi connectivity index (χ0v) is 9.53. The molecule has 4 heteroatoms. The third-order valence-electron chi connectivity index (χ3n) is 3.04. The lowest BCUT2D eigenvalue weighted by Gasteiger charge is -2.09. The second-order valence-corrected chi connectivity index (χ2v) is 4.38. The molecule has 3 rings (SSSR count). The van der Waals surface area contributed by atoms with E-state index in [1.807, 2.05) is 12.1 Å². The number of H-pyrrole nitrogens is 1. The van der Waals surface area contributed by atoms with Gasteiger partial charge in [-0.25, -0.2) is 4.98 Å². The predicted molar refractivity (Wildman–Crippen MR) is 64.9 cm³/mol. The van der Waals surface area contributed by atoms with Gasteiger partial charge in [0.2, 0.25) is 0 Å². The van der Waals surface area contributed by atoms with Gasteiger partial charge in [-0.15, -0.1) is 0 Å². The standard InChI is InChI=1S/C13H15N3O/c17-10-3-1-2-9(6-10)7-13-15-11-4-5-14-8-12(11)16-13/h1-3,6,14,17H,4-5,7-8H2,(H,15,16). The van der Waals surface area contributed by atoms with Crippen LogP contribution in [0.1, 0.15) is 22.8 Å². The van der Waals surface area contributed by atoms with Crippen LogP contribution in [0, 0.1) is 0 Å². The van der Waals surface area contributed by atoms with Gasteiger partial charge in [-0.3, -0.25) is 0 Å². The molecule has 0 bridgehead atoms. The second kappa shape index (κ2) is 4.22. The van der Waals surface area contributed by atoms with Crippen molar-refractivity contribution in [1.29, 1.82) is 0 Å². The van der Waals surface area contributed by atoms with E-state index >= 15 is 0 Å². The van der Waals surface area contributed by atoms with Crippen LogP contribution in [0.25, 0.3) is 0 Å². The third-order valence-corrected chi connectivity index (χ3v) is 3.04. The molecule has 0 fully saturated rings. The Labute approximate surface area is 99.7 Å². The van der Waals surface area contributed by atoms with Gasteiger partial charge >= 0.3 is 0 Å². The summed E-state index contributed by atoms with van der Waals surface area (Å²) in [7, 11) is 0. The van der Waals surface area contributed by atoms with Crippen molar-refractivity contribution in [3.05, 3.63) is 47.0 Å². The van der Waals surface area contributed by atoms with Gasteiger partial charge in [0.1, 0.15) is 11.6 Å². The first-order valence-corrected chi connectivity index (χ1v) is 5.86. The fourth-order valence-electron chi connectivity index (χ4n) is 2.22. The van der Waals surface area contributed by atoms with E-state index in [0.717, 1.165) is 37.3 Å². The van der Waals surface area contributed by atoms with Gasteiger partial charge in [0, 0.05) is 25.9 Å². The summed E-state index contributed by atoms with van der Waals surface area (Å²) in [6.45, 7) is 1.88. The highest BCUT2D eigenvalue weighted by atomic mass is 16.3. The maximum Gasteiger partial charge on any atom is 0.115 e. The SMILES string of the molecule is Oc1cccc(Cc2nc3c([nH]2)CNCC3)c1. The van der Waals surface area contributed by atoms with Crippen LogP contribution in [0.2, 0.25) is 0 Å². The minimum Gasteiger partial charge on any atom is -0.508 e. The number of aromatic hydroxyl groups is 1. The van der Waals surface area contributed by atoms with Crippen molar-refractivity contribution in [3.63, 3.8) is 0 Å². The van der Waals surface area contributed by atoms with E-state index in [1.165, 1.54) is 11.4 Å². The molecule has 1 aliphatic rings. The highest BCUT2D eigenvalue weighted by molar-refractivity contribution is 5.30. The van der Waals surface area contributed by atoms with E-state index in [-0.39, 0.29) is 0 Å². The number of nitrogens with one attached hydrogen (secondary N) is 2. The number of benzene rings is 1. The number of rotatable bonds is 2. The van der Waals surface area contributed by atoms with Crippen LogP contribution in [-0.4, -0.2) is 21.6 Å². The molecule has 2 aromatic rings. The van der Waals surface area contributed by atoms with E-state index in [1.54, 1.807) is 12.1 Å². The van der Waals surface area contributed by atoms with Gasteiger partial charge in [-0.05, 0) is 17.7 Å². The molecule has 4 nitrogen and oxygen atoms in total. The minimum absolute atomic E-state index is 0.306. The smallest absolute Gasteiger partial charge is 0.115 e. The second-order valence-electron chi connectivity index (χ2n) is 4.38. The molecule has 0 atom stereocenters. The number of nitrogens with zero attached hydrogens (tertiary/aromatic N) is 1. The van der Waals surface area contributed by atoms with Crippen LogP contribution in [0.3, 0.4) is 0 Å². The zero-order chi connectivity index (χ0) is 11.7. The van der Waals surface area contributed by atoms with Gasteiger partial charge in [-0.2, -0.15) is 0 Å². The highest BCUT2D eigenvalue weighted by Gasteiger charge is 2.13. The van der Waals surface area contributed by atoms with Crippen molar-refractivity contribution >= 4 is 0 Å². The molecule has 17 heavy (non-hydrogen) atoms. The number of phenolic OH excluding ortho intramolecular Hbond substituents is 1. The van der Waals surface area contributed by atoms with Crippen LogP contribution >= 0.6 is 0 Å². The van der Waals surface area contributed by atoms with Crippen LogP contribution in [0.4, 0.5) is 0 Å². The fourth-order valence-corrected chi connectivity index (χ4v) is 2.22. The molecule has 0 unspecified atom stereocenters. The first-order chi connectivity index (χ1) is 8.31. The Balaban J connectivity index is 1.83. The Morgan fingerprint density at radius 1 is 1.35 bits per heavy atom. The number of fused-ring (bicyclic) bond motifs is 1. The lowest BCUT2D eigenvalue weighted by atomic mass is 10.1. The van der Waals surface area contributed by atoms with E-state index in [4.69, 9.17) is 0 Å². The summed E-state index contributed by atoms with van der Waals surface area (Å²) in [6.07, 6.45) is 1.73. The fraction of sp³-hybridized carbons (Fsp3) is 0.308. The van der Waals surface area contributed by atoms with Gasteiger partial charge < -0.3 is 15.4 Å². The first-order valence-electron chi connectivity index (χ1n) is 5.86. The molecule has 0 radical (unpaired) electrons. The maximum atomic E-state index is 9.41. The lowest BCUT2D eigenvalue weighted by molar-refractivity contribution is 0.474. The van der Waals surface area contributed by atoms with E-state index in [2.05, 4.69) is 15.3 Å². The summed E-state index contributed by atoms with van der Waals surface area (Å²) in [4.78, 5) is 7.94. The van der Waals surface area contributed by atoms with Gasteiger partial charge in [0.05, 0.1) is 11.4 Å². The Kier molecular flexibility index (Phi) is 2.57. The number of hydrogen-bond donors (Lipinski definition) is 3. The van der Waals surface area contributed by atoms with Crippen molar-refractivity contribution in [2.24, 2.45) is 0 Å². The molecular formula is C13H15N3O. The third kappa shape index (κ3) is 2.17. The number of aromatic nitrogens is 2. The quantitative estimate of drug-likeness (QED) is 0.728. The normalized spacial score (nSPS) is 14.6. The molecule has 2 heterocycles. The summed E-state index contributed by atoms with van der Waals surface area (Å²) in [6, 6.07) is 7.31. The predicted octanol–water partition coefficient (Wildman–Crippen LogP) is 1.35. The molecule has 1 aliphatic heterocycles. The van der Waals surface area contributed by atoms with Gasteiger partial charge in [0.25, 0.3) is 0 Å². The van der Waals surface area contributed by atoms with Crippen LogP contribution in [0.5, 0.6) is 5.75 Å². The van der Waals surface area contributed by atoms with Crippen molar-refractivity contribution in [2.45, 2.75) is 19.4 Å². The summed E-state index contributed by atoms with van der Waals surface area (Å²) >= 11 is 0. The van der Waals surface area contributed by atoms with Crippen LogP contribution < -0.4 is 5.32 Å². The highest BCUT2D eigenvalue weighted by Crippen LogP contribution is 2.16. The number of phenols is 1. The molecule has 0 saturated heterocycles. The van der Waals surface area contributed by atoms with E-state index in [9.17, 15) is 5.11 Å². The average molecular weight is 229 g/mol. The molecule has 88 valence electrons. The van der Waals surface area contributed by atoms with Gasteiger partial charge in [-0.1, -0.05) is 12.1 Å². The number of aromatic amines is 1. The Hall–Kier alpha value is -1.81. The molecule has 0 saturated carbocycles. The van der Waals surface area contributed by atoms with Crippen molar-refractivity contribution in [3.8, 4) is 5.75 Å². The summed E-state index contributed by atoms with van der Waals surface area (Å²) in [5.74, 6) is 1.28. The first kappa shape index (κ1) is 10.4. The molecule has 0 aliphatic carbocycles. The van der Waals surface area contributed by atoms with Crippen LogP contribution in [-0.2, 0) is 19.4 Å². The monoisotopic (exact) mass is 229 g/mol. The van der Waals surface area contributed by atoms with Gasteiger partial charge in [0.15, 0.2) is 0 Å². The Morgan fingerprint density at radius 3 is 3.12 bits per heavy atom. The molecule has 0 spiro atoms. The topological polar surface area (TPSA) is 60.9 Å². The Bertz CT molecular complexity index is 510. The molecule has 1 aromatic heterocycles. The largest absolute Gasteiger partial charge is 0.508 e.